The van der Waals surface area contributed by atoms with Crippen LogP contribution in [0.5, 0.6) is 5.75 Å². The minimum Gasteiger partial charge on any atom is -0.496 e. The number of ether oxygens (including phenoxy) is 1. The van der Waals surface area contributed by atoms with Gasteiger partial charge in [0.05, 0.1) is 19.3 Å². The Morgan fingerprint density at radius 2 is 2.22 bits per heavy atom. The number of nitrogens with zero attached hydrogens (tertiary/aromatic N) is 1. The van der Waals surface area contributed by atoms with E-state index in [0.717, 1.165) is 22.8 Å². The highest BCUT2D eigenvalue weighted by Crippen LogP contribution is 2.25. The fourth-order valence-corrected chi connectivity index (χ4v) is 1.94. The van der Waals surface area contributed by atoms with Crippen molar-refractivity contribution in [2.45, 2.75) is 20.0 Å². The van der Waals surface area contributed by atoms with Crippen molar-refractivity contribution < 1.29 is 9.26 Å². The molecule has 2 aromatic rings. The lowest BCUT2D eigenvalue weighted by Gasteiger charge is -2.10. The number of benzene rings is 1. The van der Waals surface area contributed by atoms with Gasteiger partial charge in [0.2, 0.25) is 0 Å². The molecule has 5 heteroatoms. The minimum absolute atomic E-state index is 0.606. The predicted octanol–water partition coefficient (Wildman–Crippen LogP) is 2.93. The van der Waals surface area contributed by atoms with Gasteiger partial charge in [0.15, 0.2) is 5.76 Å². The Balaban J connectivity index is 1.98. The van der Waals surface area contributed by atoms with Crippen LogP contribution in [0.4, 0.5) is 0 Å². The summed E-state index contributed by atoms with van der Waals surface area (Å²) in [6.07, 6.45) is 0. The van der Waals surface area contributed by atoms with Gasteiger partial charge in [-0.2, -0.15) is 0 Å². The molecule has 0 amide bonds. The van der Waals surface area contributed by atoms with Gasteiger partial charge in [-0.05, 0) is 19.1 Å². The van der Waals surface area contributed by atoms with Crippen LogP contribution in [0.2, 0.25) is 5.02 Å². The number of aryl methyl sites for hydroxylation is 1. The summed E-state index contributed by atoms with van der Waals surface area (Å²) < 4.78 is 10.4. The van der Waals surface area contributed by atoms with Gasteiger partial charge in [-0.15, -0.1) is 0 Å². The van der Waals surface area contributed by atoms with Gasteiger partial charge in [0, 0.05) is 23.2 Å². The second-order valence-corrected chi connectivity index (χ2v) is 4.37. The van der Waals surface area contributed by atoms with Crippen molar-refractivity contribution in [2.24, 2.45) is 0 Å². The van der Waals surface area contributed by atoms with Gasteiger partial charge in [0.25, 0.3) is 0 Å². The van der Waals surface area contributed by atoms with Crippen LogP contribution in [-0.4, -0.2) is 12.3 Å². The summed E-state index contributed by atoms with van der Waals surface area (Å²) in [5.41, 5.74) is 1.82. The third-order valence-corrected chi connectivity index (χ3v) is 2.93. The van der Waals surface area contributed by atoms with Gasteiger partial charge in [-0.25, -0.2) is 0 Å². The van der Waals surface area contributed by atoms with Crippen molar-refractivity contribution in [3.63, 3.8) is 0 Å². The zero-order chi connectivity index (χ0) is 13.0. The first kappa shape index (κ1) is 12.9. The van der Waals surface area contributed by atoms with Crippen molar-refractivity contribution in [3.8, 4) is 5.75 Å². The molecular weight excluding hydrogens is 252 g/mol. The minimum atomic E-state index is 0.606. The fraction of sp³-hybridized carbons (Fsp3) is 0.308. The van der Waals surface area contributed by atoms with E-state index in [2.05, 4.69) is 10.5 Å². The number of rotatable bonds is 5. The highest BCUT2D eigenvalue weighted by molar-refractivity contribution is 6.31. The molecule has 4 nitrogen and oxygen atoms in total. The Hall–Kier alpha value is -1.52. The standard InChI is InChI=1S/C13H15ClN2O2/c1-9-6-10(18-16-9)7-15-8-11-12(14)4-3-5-13(11)17-2/h3-6,15H,7-8H2,1-2H3. The Morgan fingerprint density at radius 1 is 1.39 bits per heavy atom. The average Bonchev–Trinajstić information content (AvgIpc) is 2.77. The Bertz CT molecular complexity index is 525. The lowest BCUT2D eigenvalue weighted by Crippen LogP contribution is -2.13. The lowest BCUT2D eigenvalue weighted by atomic mass is 10.2. The van der Waals surface area contributed by atoms with E-state index in [1.54, 1.807) is 7.11 Å². The van der Waals surface area contributed by atoms with E-state index in [4.69, 9.17) is 20.9 Å². The normalized spacial score (nSPS) is 10.6. The zero-order valence-electron chi connectivity index (χ0n) is 10.4. The molecule has 0 atom stereocenters. The summed E-state index contributed by atoms with van der Waals surface area (Å²) >= 11 is 6.14. The van der Waals surface area contributed by atoms with Crippen LogP contribution < -0.4 is 10.1 Å². The number of methoxy groups -OCH3 is 1. The monoisotopic (exact) mass is 266 g/mol. The smallest absolute Gasteiger partial charge is 0.150 e. The second-order valence-electron chi connectivity index (χ2n) is 3.96. The maximum absolute atomic E-state index is 6.14. The molecule has 0 saturated carbocycles. The molecule has 0 spiro atoms. The number of hydrogen-bond donors (Lipinski definition) is 1. The van der Waals surface area contributed by atoms with Crippen LogP contribution >= 0.6 is 11.6 Å². The maximum Gasteiger partial charge on any atom is 0.150 e. The molecule has 0 aliphatic rings. The molecule has 1 aromatic heterocycles. The summed E-state index contributed by atoms with van der Waals surface area (Å²) in [5, 5.41) is 7.77. The molecule has 1 heterocycles. The van der Waals surface area contributed by atoms with Crippen LogP contribution in [0.1, 0.15) is 17.0 Å². The van der Waals surface area contributed by atoms with E-state index in [-0.39, 0.29) is 0 Å². The number of aromatic nitrogens is 1. The first-order valence-electron chi connectivity index (χ1n) is 5.65. The molecule has 1 N–H and O–H groups in total. The van der Waals surface area contributed by atoms with Gasteiger partial charge in [-0.3, -0.25) is 0 Å². The molecule has 0 saturated heterocycles. The maximum atomic E-state index is 6.14. The average molecular weight is 267 g/mol. The molecular formula is C13H15ClN2O2. The van der Waals surface area contributed by atoms with Crippen molar-refractivity contribution in [1.29, 1.82) is 0 Å². The number of hydrogen-bond acceptors (Lipinski definition) is 4. The molecule has 96 valence electrons. The van der Waals surface area contributed by atoms with Crippen LogP contribution in [0, 0.1) is 6.92 Å². The molecule has 1 aromatic carbocycles. The van der Waals surface area contributed by atoms with Crippen molar-refractivity contribution in [1.82, 2.24) is 10.5 Å². The fourth-order valence-electron chi connectivity index (χ4n) is 1.71. The van der Waals surface area contributed by atoms with Crippen LogP contribution in [0.25, 0.3) is 0 Å². The summed E-state index contributed by atoms with van der Waals surface area (Å²) in [6, 6.07) is 7.50. The van der Waals surface area contributed by atoms with Crippen LogP contribution in [-0.2, 0) is 13.1 Å². The van der Waals surface area contributed by atoms with Crippen molar-refractivity contribution >= 4 is 11.6 Å². The summed E-state index contributed by atoms with van der Waals surface area (Å²) in [7, 11) is 1.63. The topological polar surface area (TPSA) is 47.3 Å². The Morgan fingerprint density at radius 3 is 2.89 bits per heavy atom. The van der Waals surface area contributed by atoms with E-state index in [1.807, 2.05) is 31.2 Å². The molecule has 0 radical (unpaired) electrons. The van der Waals surface area contributed by atoms with Gasteiger partial charge in [0.1, 0.15) is 5.75 Å². The zero-order valence-corrected chi connectivity index (χ0v) is 11.1. The van der Waals surface area contributed by atoms with Gasteiger partial charge >= 0.3 is 0 Å². The first-order chi connectivity index (χ1) is 8.70. The summed E-state index contributed by atoms with van der Waals surface area (Å²) in [6.45, 7) is 3.11. The molecule has 0 bridgehead atoms. The quantitative estimate of drug-likeness (QED) is 0.904. The van der Waals surface area contributed by atoms with Crippen molar-refractivity contribution in [3.05, 3.63) is 46.3 Å². The van der Waals surface area contributed by atoms with Crippen molar-refractivity contribution in [2.75, 3.05) is 7.11 Å². The van der Waals surface area contributed by atoms with E-state index in [1.165, 1.54) is 0 Å². The van der Waals surface area contributed by atoms with Gasteiger partial charge in [-0.1, -0.05) is 22.8 Å². The van der Waals surface area contributed by atoms with E-state index in [0.29, 0.717) is 18.1 Å². The largest absolute Gasteiger partial charge is 0.496 e. The SMILES string of the molecule is COc1cccc(Cl)c1CNCc1cc(C)no1. The van der Waals surface area contributed by atoms with Crippen LogP contribution in [0.15, 0.2) is 28.8 Å². The highest BCUT2D eigenvalue weighted by Gasteiger charge is 2.07. The number of nitrogens with one attached hydrogen (secondary N) is 1. The number of halogens is 1. The molecule has 18 heavy (non-hydrogen) atoms. The third-order valence-electron chi connectivity index (χ3n) is 2.57. The molecule has 2 rings (SSSR count). The molecule has 0 aliphatic carbocycles. The Kier molecular flexibility index (Phi) is 4.23. The lowest BCUT2D eigenvalue weighted by molar-refractivity contribution is 0.368. The van der Waals surface area contributed by atoms with E-state index in [9.17, 15) is 0 Å². The van der Waals surface area contributed by atoms with E-state index >= 15 is 0 Å². The first-order valence-corrected chi connectivity index (χ1v) is 6.03. The molecule has 0 aliphatic heterocycles. The molecule has 0 unspecified atom stereocenters. The van der Waals surface area contributed by atoms with Gasteiger partial charge < -0.3 is 14.6 Å². The van der Waals surface area contributed by atoms with Crippen LogP contribution in [0.3, 0.4) is 0 Å². The summed E-state index contributed by atoms with van der Waals surface area (Å²) in [4.78, 5) is 0. The predicted molar refractivity (Wildman–Crippen MR) is 69.8 cm³/mol. The van der Waals surface area contributed by atoms with E-state index < -0.39 is 0 Å². The highest BCUT2D eigenvalue weighted by atomic mass is 35.5. The second kappa shape index (κ2) is 5.89. The Labute approximate surface area is 111 Å². The summed E-state index contributed by atoms with van der Waals surface area (Å²) in [5.74, 6) is 1.59. The third kappa shape index (κ3) is 3.03. The molecule has 0 fully saturated rings.